The molecule has 0 aliphatic carbocycles. The molecule has 9 heteroatoms. The molecule has 0 radical (unpaired) electrons. The lowest BCUT2D eigenvalue weighted by molar-refractivity contribution is -0.137. The highest BCUT2D eigenvalue weighted by atomic mass is 32.2. The quantitative estimate of drug-likeness (QED) is 0.655. The van der Waals surface area contributed by atoms with Gasteiger partial charge >= 0.3 is 6.18 Å². The monoisotopic (exact) mass is 364 g/mol. The van der Waals surface area contributed by atoms with Gasteiger partial charge in [0.15, 0.2) is 9.84 Å². The summed E-state index contributed by atoms with van der Waals surface area (Å²) in [6, 6.07) is 1.63. The molecular weight excluding hydrogens is 349 g/mol. The third-order valence-electron chi connectivity index (χ3n) is 3.67. The minimum Gasteiger partial charge on any atom is -0.380 e. The molecule has 0 saturated carbocycles. The Kier molecular flexibility index (Phi) is 5.16. The van der Waals surface area contributed by atoms with Crippen LogP contribution in [0.15, 0.2) is 17.0 Å². The minimum absolute atomic E-state index is 0.0187. The number of benzene rings is 1. The van der Waals surface area contributed by atoms with Gasteiger partial charge in [0.2, 0.25) is 0 Å². The Balaban J connectivity index is 2.37. The Morgan fingerprint density at radius 1 is 1.43 bits per heavy atom. The second-order valence-electron chi connectivity index (χ2n) is 5.28. The third kappa shape index (κ3) is 4.32. The molecule has 1 N–H and O–H groups in total. The summed E-state index contributed by atoms with van der Waals surface area (Å²) in [5.74, 6) is -0.0501. The summed E-state index contributed by atoms with van der Waals surface area (Å²) in [6.45, 7) is 1.55. The highest BCUT2D eigenvalue weighted by Gasteiger charge is 2.34. The third-order valence-corrected chi connectivity index (χ3v) is 6.10. The van der Waals surface area contributed by atoms with Crippen LogP contribution in [0.25, 0.3) is 0 Å². The number of nitrogens with zero attached hydrogens (tertiary/aromatic N) is 1. The maximum atomic E-state index is 12.9. The topological polar surface area (TPSA) is 70.0 Å². The number of alkyl halides is 3. The predicted octanol–water partition coefficient (Wildman–Crippen LogP) is 3.44. The normalized spacial score (nSPS) is 18.0. The maximum Gasteiger partial charge on any atom is 0.416 e. The van der Waals surface area contributed by atoms with Crippen LogP contribution >= 0.6 is 11.8 Å². The fourth-order valence-electron chi connectivity index (χ4n) is 2.48. The van der Waals surface area contributed by atoms with Gasteiger partial charge in [-0.1, -0.05) is 6.92 Å². The molecule has 1 aliphatic heterocycles. The van der Waals surface area contributed by atoms with E-state index in [1.165, 1.54) is 0 Å². The average Bonchev–Trinajstić information content (AvgIpc) is 2.46. The van der Waals surface area contributed by atoms with E-state index in [2.05, 4.69) is 5.32 Å². The van der Waals surface area contributed by atoms with Gasteiger partial charge in [0.05, 0.1) is 17.0 Å². The first-order valence-electron chi connectivity index (χ1n) is 6.93. The SMILES string of the molecule is CCS(=O)(=O)C[C@H]1CCc2cc(C(F)(F)F)cc(SC#N)c2N1. The van der Waals surface area contributed by atoms with Gasteiger partial charge in [0.25, 0.3) is 0 Å². The van der Waals surface area contributed by atoms with Crippen LogP contribution < -0.4 is 5.32 Å². The van der Waals surface area contributed by atoms with E-state index >= 15 is 0 Å². The van der Waals surface area contributed by atoms with E-state index in [1.54, 1.807) is 12.3 Å². The van der Waals surface area contributed by atoms with Crippen LogP contribution in [-0.4, -0.2) is 26.0 Å². The van der Waals surface area contributed by atoms with Gasteiger partial charge in [-0.25, -0.2) is 8.42 Å². The predicted molar refractivity (Wildman–Crippen MR) is 83.0 cm³/mol. The Hall–Kier alpha value is -1.40. The molecular formula is C14H15F3N2O2S2. The molecule has 1 aromatic carbocycles. The molecule has 1 aliphatic rings. The van der Waals surface area contributed by atoms with Gasteiger partial charge in [0, 0.05) is 16.7 Å². The molecule has 0 fully saturated rings. The van der Waals surface area contributed by atoms with E-state index in [0.717, 1.165) is 12.1 Å². The van der Waals surface area contributed by atoms with Crippen LogP contribution in [0.3, 0.4) is 0 Å². The molecule has 0 saturated heterocycles. The lowest BCUT2D eigenvalue weighted by Gasteiger charge is -2.29. The number of hydrogen-bond acceptors (Lipinski definition) is 5. The molecule has 0 bridgehead atoms. The van der Waals surface area contributed by atoms with Gasteiger partial charge in [-0.05, 0) is 42.3 Å². The molecule has 1 heterocycles. The zero-order valence-electron chi connectivity index (χ0n) is 12.3. The van der Waals surface area contributed by atoms with Crippen molar-refractivity contribution in [3.63, 3.8) is 0 Å². The summed E-state index contributed by atoms with van der Waals surface area (Å²) in [6.07, 6.45) is -3.71. The van der Waals surface area contributed by atoms with Gasteiger partial charge in [-0.2, -0.15) is 18.4 Å². The fraction of sp³-hybridized carbons (Fsp3) is 0.500. The number of hydrogen-bond donors (Lipinski definition) is 1. The van der Waals surface area contributed by atoms with Crippen LogP contribution in [0.5, 0.6) is 0 Å². The molecule has 0 amide bonds. The summed E-state index contributed by atoms with van der Waals surface area (Å²) >= 11 is 0.640. The van der Waals surface area contributed by atoms with Crippen molar-refractivity contribution in [3.8, 4) is 5.40 Å². The number of nitrogens with one attached hydrogen (secondary N) is 1. The van der Waals surface area contributed by atoms with Crippen molar-refractivity contribution in [1.29, 1.82) is 5.26 Å². The van der Waals surface area contributed by atoms with Crippen LogP contribution in [0.1, 0.15) is 24.5 Å². The van der Waals surface area contributed by atoms with Crippen molar-refractivity contribution in [3.05, 3.63) is 23.3 Å². The second kappa shape index (κ2) is 6.61. The van der Waals surface area contributed by atoms with Crippen molar-refractivity contribution < 1.29 is 21.6 Å². The number of thioether (sulfide) groups is 1. The highest BCUT2D eigenvalue weighted by molar-refractivity contribution is 8.03. The molecule has 1 atom stereocenters. The summed E-state index contributed by atoms with van der Waals surface area (Å²) in [4.78, 5) is 0.177. The summed E-state index contributed by atoms with van der Waals surface area (Å²) in [7, 11) is -3.19. The lowest BCUT2D eigenvalue weighted by atomic mass is 9.97. The molecule has 126 valence electrons. The van der Waals surface area contributed by atoms with Crippen molar-refractivity contribution in [1.82, 2.24) is 0 Å². The first-order valence-corrected chi connectivity index (χ1v) is 9.57. The fourth-order valence-corrected chi connectivity index (χ4v) is 4.16. The molecule has 4 nitrogen and oxygen atoms in total. The van der Waals surface area contributed by atoms with E-state index in [9.17, 15) is 21.6 Å². The molecule has 0 spiro atoms. The number of sulfone groups is 1. The lowest BCUT2D eigenvalue weighted by Crippen LogP contribution is -2.33. The van der Waals surface area contributed by atoms with Crippen LogP contribution in [0.2, 0.25) is 0 Å². The van der Waals surface area contributed by atoms with E-state index in [-0.39, 0.29) is 22.4 Å². The molecule has 2 rings (SSSR count). The molecule has 0 aromatic heterocycles. The van der Waals surface area contributed by atoms with Crippen molar-refractivity contribution in [2.75, 3.05) is 16.8 Å². The van der Waals surface area contributed by atoms with Crippen molar-refractivity contribution in [2.45, 2.75) is 36.9 Å². The van der Waals surface area contributed by atoms with Gasteiger partial charge in [-0.15, -0.1) is 0 Å². The van der Waals surface area contributed by atoms with Crippen LogP contribution in [0.4, 0.5) is 18.9 Å². The maximum absolute atomic E-state index is 12.9. The Bertz CT molecular complexity index is 740. The van der Waals surface area contributed by atoms with E-state index in [4.69, 9.17) is 5.26 Å². The van der Waals surface area contributed by atoms with E-state index < -0.39 is 21.6 Å². The van der Waals surface area contributed by atoms with Crippen LogP contribution in [-0.2, 0) is 22.4 Å². The zero-order chi connectivity index (χ0) is 17.3. The number of halogens is 3. The second-order valence-corrected chi connectivity index (χ2v) is 8.50. The van der Waals surface area contributed by atoms with Gasteiger partial charge in [-0.3, -0.25) is 0 Å². The number of thiocyanates is 1. The summed E-state index contributed by atoms with van der Waals surface area (Å²) < 4.78 is 62.3. The Morgan fingerprint density at radius 3 is 2.70 bits per heavy atom. The Labute approximate surface area is 137 Å². The number of anilines is 1. The molecule has 1 aromatic rings. The number of rotatable bonds is 4. The smallest absolute Gasteiger partial charge is 0.380 e. The first kappa shape index (κ1) is 17.9. The van der Waals surface area contributed by atoms with E-state index in [0.29, 0.717) is 35.9 Å². The number of aryl methyl sites for hydroxylation is 1. The van der Waals surface area contributed by atoms with Crippen molar-refractivity contribution >= 4 is 27.3 Å². The number of fused-ring (bicyclic) bond motifs is 1. The highest BCUT2D eigenvalue weighted by Crippen LogP contribution is 2.40. The van der Waals surface area contributed by atoms with E-state index in [1.807, 2.05) is 0 Å². The van der Waals surface area contributed by atoms with Gasteiger partial charge < -0.3 is 5.32 Å². The average molecular weight is 364 g/mol. The molecule has 0 unspecified atom stereocenters. The number of nitriles is 1. The van der Waals surface area contributed by atoms with Crippen LogP contribution in [0, 0.1) is 10.7 Å². The Morgan fingerprint density at radius 2 is 2.13 bits per heavy atom. The minimum atomic E-state index is -4.48. The summed E-state index contributed by atoms with van der Waals surface area (Å²) in [5, 5.41) is 13.6. The zero-order valence-corrected chi connectivity index (χ0v) is 13.9. The van der Waals surface area contributed by atoms with Crippen molar-refractivity contribution in [2.24, 2.45) is 0 Å². The largest absolute Gasteiger partial charge is 0.416 e. The molecule has 23 heavy (non-hydrogen) atoms. The van der Waals surface area contributed by atoms with Gasteiger partial charge in [0.1, 0.15) is 5.40 Å². The first-order chi connectivity index (χ1) is 10.7. The standard InChI is InChI=1S/C14H15F3N2O2S2/c1-2-23(20,21)7-11-4-3-9-5-10(14(15,16)17)6-12(22-8-18)13(9)19-11/h5-6,11,19H,2-4,7H2,1H3/t11-/m1/s1. The summed E-state index contributed by atoms with van der Waals surface area (Å²) in [5.41, 5.74) is 0.102.